The van der Waals surface area contributed by atoms with Crippen molar-refractivity contribution in [3.8, 4) is 6.07 Å². The Hall–Kier alpha value is -2.23. The lowest BCUT2D eigenvalue weighted by Crippen LogP contribution is -2.29. The molecule has 1 heterocycles. The van der Waals surface area contributed by atoms with Crippen LogP contribution in [0.1, 0.15) is 23.8 Å². The summed E-state index contributed by atoms with van der Waals surface area (Å²) >= 11 is 0. The van der Waals surface area contributed by atoms with Gasteiger partial charge in [-0.15, -0.1) is 0 Å². The van der Waals surface area contributed by atoms with Gasteiger partial charge < -0.3 is 9.52 Å². The molecule has 0 aliphatic rings. The predicted molar refractivity (Wildman–Crippen MR) is 75.5 cm³/mol. The van der Waals surface area contributed by atoms with Gasteiger partial charge >= 0.3 is 0 Å². The van der Waals surface area contributed by atoms with Gasteiger partial charge in [0.15, 0.2) is 0 Å². The van der Waals surface area contributed by atoms with Crippen LogP contribution in [-0.4, -0.2) is 23.1 Å². The molecule has 116 valence electrons. The SMILES string of the molecule is N#CCCN(Cc1ccco1)CC(O)c1ccc(F)cc1F. The van der Waals surface area contributed by atoms with Crippen molar-refractivity contribution in [3.63, 3.8) is 0 Å². The maximum Gasteiger partial charge on any atom is 0.131 e. The first-order chi connectivity index (χ1) is 10.6. The molecule has 22 heavy (non-hydrogen) atoms. The van der Waals surface area contributed by atoms with Crippen molar-refractivity contribution >= 4 is 0 Å². The molecule has 1 aromatic heterocycles. The summed E-state index contributed by atoms with van der Waals surface area (Å²) in [6.07, 6.45) is 0.696. The first-order valence-corrected chi connectivity index (χ1v) is 6.85. The zero-order valence-electron chi connectivity index (χ0n) is 11.9. The normalized spacial score (nSPS) is 12.3. The van der Waals surface area contributed by atoms with Crippen LogP contribution in [0.4, 0.5) is 8.78 Å². The van der Waals surface area contributed by atoms with E-state index >= 15 is 0 Å². The molecule has 1 unspecified atom stereocenters. The Morgan fingerprint density at radius 1 is 1.32 bits per heavy atom. The van der Waals surface area contributed by atoms with Gasteiger partial charge in [-0.1, -0.05) is 6.07 Å². The number of nitrogens with zero attached hydrogens (tertiary/aromatic N) is 2. The molecule has 0 spiro atoms. The zero-order chi connectivity index (χ0) is 15.9. The van der Waals surface area contributed by atoms with Gasteiger partial charge in [-0.25, -0.2) is 8.78 Å². The van der Waals surface area contributed by atoms with Gasteiger partial charge in [0.2, 0.25) is 0 Å². The number of aliphatic hydroxyl groups excluding tert-OH is 1. The molecule has 2 aromatic rings. The first-order valence-electron chi connectivity index (χ1n) is 6.85. The van der Waals surface area contributed by atoms with Gasteiger partial charge in [-0.2, -0.15) is 5.26 Å². The van der Waals surface area contributed by atoms with Crippen molar-refractivity contribution in [2.45, 2.75) is 19.1 Å². The lowest BCUT2D eigenvalue weighted by Gasteiger charge is -2.23. The van der Waals surface area contributed by atoms with Crippen LogP contribution in [0.15, 0.2) is 41.0 Å². The fraction of sp³-hybridized carbons (Fsp3) is 0.312. The molecule has 4 nitrogen and oxygen atoms in total. The van der Waals surface area contributed by atoms with Gasteiger partial charge in [0.05, 0.1) is 25.0 Å². The average Bonchev–Trinajstić information content (AvgIpc) is 2.97. The Bertz CT molecular complexity index is 638. The van der Waals surface area contributed by atoms with E-state index < -0.39 is 17.7 Å². The molecule has 0 saturated carbocycles. The van der Waals surface area contributed by atoms with E-state index in [0.29, 0.717) is 18.8 Å². The Balaban J connectivity index is 2.06. The molecule has 0 saturated heterocycles. The van der Waals surface area contributed by atoms with E-state index in [2.05, 4.69) is 0 Å². The van der Waals surface area contributed by atoms with E-state index in [0.717, 1.165) is 12.1 Å². The van der Waals surface area contributed by atoms with E-state index in [1.165, 1.54) is 12.3 Å². The molecule has 2 rings (SSSR count). The van der Waals surface area contributed by atoms with Crippen molar-refractivity contribution in [3.05, 3.63) is 59.6 Å². The van der Waals surface area contributed by atoms with Gasteiger partial charge in [0.25, 0.3) is 0 Å². The van der Waals surface area contributed by atoms with Crippen LogP contribution in [0, 0.1) is 23.0 Å². The molecular formula is C16H16F2N2O2. The number of benzene rings is 1. The summed E-state index contributed by atoms with van der Waals surface area (Å²) in [6.45, 7) is 0.927. The molecule has 0 aliphatic heterocycles. The second-order valence-electron chi connectivity index (χ2n) is 4.90. The number of furan rings is 1. The number of nitriles is 1. The number of hydrogen-bond donors (Lipinski definition) is 1. The quantitative estimate of drug-likeness (QED) is 0.854. The molecule has 1 atom stereocenters. The minimum Gasteiger partial charge on any atom is -0.468 e. The smallest absolute Gasteiger partial charge is 0.131 e. The monoisotopic (exact) mass is 306 g/mol. The van der Waals surface area contributed by atoms with Crippen LogP contribution >= 0.6 is 0 Å². The fourth-order valence-electron chi connectivity index (χ4n) is 2.18. The third-order valence-corrected chi connectivity index (χ3v) is 3.25. The third-order valence-electron chi connectivity index (χ3n) is 3.25. The first kappa shape index (κ1) is 16.1. The second-order valence-corrected chi connectivity index (χ2v) is 4.90. The molecule has 1 N–H and O–H groups in total. The summed E-state index contributed by atoms with van der Waals surface area (Å²) in [6, 6.07) is 8.63. The second kappa shape index (κ2) is 7.69. The lowest BCUT2D eigenvalue weighted by molar-refractivity contribution is 0.103. The van der Waals surface area contributed by atoms with E-state index in [-0.39, 0.29) is 18.5 Å². The standard InChI is InChI=1S/C16H16F2N2O2/c17-12-4-5-14(15(18)9-12)16(21)11-20(7-2-6-19)10-13-3-1-8-22-13/h1,3-5,8-9,16,21H,2,7,10-11H2. The van der Waals surface area contributed by atoms with Crippen LogP contribution in [0.3, 0.4) is 0 Å². The predicted octanol–water partition coefficient (Wildman–Crippen LogP) is 3.01. The van der Waals surface area contributed by atoms with Gasteiger partial charge in [0, 0.05) is 31.1 Å². The highest BCUT2D eigenvalue weighted by Crippen LogP contribution is 2.20. The van der Waals surface area contributed by atoms with E-state index in [1.807, 2.05) is 6.07 Å². The maximum atomic E-state index is 13.7. The Morgan fingerprint density at radius 3 is 2.77 bits per heavy atom. The Kier molecular flexibility index (Phi) is 5.64. The number of rotatable bonds is 7. The van der Waals surface area contributed by atoms with Gasteiger partial charge in [0.1, 0.15) is 17.4 Å². The topological polar surface area (TPSA) is 60.4 Å². The Morgan fingerprint density at radius 2 is 2.14 bits per heavy atom. The molecule has 0 aliphatic carbocycles. The molecule has 0 radical (unpaired) electrons. The minimum atomic E-state index is -1.12. The van der Waals surface area contributed by atoms with E-state index in [9.17, 15) is 13.9 Å². The third kappa shape index (κ3) is 4.38. The van der Waals surface area contributed by atoms with Gasteiger partial charge in [-0.3, -0.25) is 4.90 Å². The molecule has 6 heteroatoms. The van der Waals surface area contributed by atoms with Crippen LogP contribution in [0.2, 0.25) is 0 Å². The molecule has 0 amide bonds. The van der Waals surface area contributed by atoms with Crippen LogP contribution in [0.25, 0.3) is 0 Å². The summed E-state index contributed by atoms with van der Waals surface area (Å²) < 4.78 is 31.8. The van der Waals surface area contributed by atoms with Crippen molar-refractivity contribution in [1.82, 2.24) is 4.90 Å². The zero-order valence-corrected chi connectivity index (χ0v) is 11.9. The number of halogens is 2. The van der Waals surface area contributed by atoms with Crippen molar-refractivity contribution in [2.75, 3.05) is 13.1 Å². The lowest BCUT2D eigenvalue weighted by atomic mass is 10.1. The summed E-state index contributed by atoms with van der Waals surface area (Å²) in [4.78, 5) is 1.79. The van der Waals surface area contributed by atoms with Crippen LogP contribution in [-0.2, 0) is 6.54 Å². The summed E-state index contributed by atoms with van der Waals surface area (Å²) in [5.74, 6) is -0.791. The number of hydrogen-bond acceptors (Lipinski definition) is 4. The largest absolute Gasteiger partial charge is 0.468 e. The molecular weight excluding hydrogens is 290 g/mol. The summed E-state index contributed by atoms with van der Waals surface area (Å²) in [7, 11) is 0. The van der Waals surface area contributed by atoms with Crippen molar-refractivity contribution < 1.29 is 18.3 Å². The van der Waals surface area contributed by atoms with E-state index in [4.69, 9.17) is 9.68 Å². The van der Waals surface area contributed by atoms with Gasteiger partial charge in [-0.05, 0) is 18.2 Å². The highest BCUT2D eigenvalue weighted by molar-refractivity contribution is 5.21. The molecule has 0 bridgehead atoms. The fourth-order valence-corrected chi connectivity index (χ4v) is 2.18. The van der Waals surface area contributed by atoms with E-state index in [1.54, 1.807) is 17.0 Å². The summed E-state index contributed by atoms with van der Waals surface area (Å²) in [5.41, 5.74) is 0.0304. The van der Waals surface area contributed by atoms with Crippen molar-refractivity contribution in [2.24, 2.45) is 0 Å². The molecule has 1 aromatic carbocycles. The maximum absolute atomic E-state index is 13.7. The van der Waals surface area contributed by atoms with Crippen LogP contribution in [0.5, 0.6) is 0 Å². The van der Waals surface area contributed by atoms with Crippen molar-refractivity contribution in [1.29, 1.82) is 5.26 Å². The Labute approximate surface area is 127 Å². The summed E-state index contributed by atoms with van der Waals surface area (Å²) in [5, 5.41) is 18.9. The average molecular weight is 306 g/mol. The highest BCUT2D eigenvalue weighted by atomic mass is 19.1. The molecule has 0 fully saturated rings. The minimum absolute atomic E-state index is 0.0304. The van der Waals surface area contributed by atoms with Crippen LogP contribution < -0.4 is 0 Å². The number of aliphatic hydroxyl groups is 1. The highest BCUT2D eigenvalue weighted by Gasteiger charge is 2.18.